The average Bonchev–Trinajstić information content (AvgIpc) is 2.28. The van der Waals surface area contributed by atoms with Gasteiger partial charge >= 0.3 is 0 Å². The zero-order valence-corrected chi connectivity index (χ0v) is 9.69. The first-order chi connectivity index (χ1) is 7.74. The Hall–Kier alpha value is -0.690. The van der Waals surface area contributed by atoms with E-state index in [-0.39, 0.29) is 19.1 Å². The van der Waals surface area contributed by atoms with Crippen LogP contribution >= 0.6 is 0 Å². The second-order valence-electron chi connectivity index (χ2n) is 3.67. The fraction of sp³-hybridized carbons (Fsp3) is 0.900. The molecule has 96 valence electrons. The lowest BCUT2D eigenvalue weighted by Gasteiger charge is -2.19. The van der Waals surface area contributed by atoms with Gasteiger partial charge in [-0.1, -0.05) is 6.42 Å². The Morgan fingerprint density at radius 2 is 1.69 bits per heavy atom. The average molecular weight is 233 g/mol. The summed E-state index contributed by atoms with van der Waals surface area (Å²) in [6, 6.07) is 0. The second kappa shape index (κ2) is 10.8. The molecule has 0 aromatic heterocycles. The largest absolute Gasteiger partial charge is 0.395 e. The maximum absolute atomic E-state index is 10.8. The molecule has 16 heavy (non-hydrogen) atoms. The molecule has 0 heterocycles. The Kier molecular flexibility index (Phi) is 10.3. The van der Waals surface area contributed by atoms with Crippen LogP contribution in [0.2, 0.25) is 0 Å². The topological polar surface area (TPSA) is 98.8 Å². The predicted molar refractivity (Wildman–Crippen MR) is 61.4 cm³/mol. The van der Waals surface area contributed by atoms with E-state index in [1.807, 2.05) is 4.90 Å². The molecule has 0 aromatic rings. The Bertz CT molecular complexity index is 173. The zero-order chi connectivity index (χ0) is 12.2. The smallest absolute Gasteiger partial charge is 0.233 e. The molecule has 0 unspecified atom stereocenters. The maximum Gasteiger partial charge on any atom is 0.233 e. The van der Waals surface area contributed by atoms with Gasteiger partial charge in [-0.15, -0.1) is 0 Å². The van der Waals surface area contributed by atoms with E-state index in [0.29, 0.717) is 19.5 Å². The SMILES string of the molecule is NNC(=O)CCCCCN(CCO)CCO. The van der Waals surface area contributed by atoms with Crippen molar-refractivity contribution in [1.82, 2.24) is 10.3 Å². The summed E-state index contributed by atoms with van der Waals surface area (Å²) in [6.45, 7) is 2.23. The number of carbonyl (C=O) groups is 1. The number of nitrogens with zero attached hydrogens (tertiary/aromatic N) is 1. The minimum absolute atomic E-state index is 0.107. The number of rotatable bonds is 10. The van der Waals surface area contributed by atoms with Crippen LogP contribution in [0.3, 0.4) is 0 Å². The van der Waals surface area contributed by atoms with Crippen LogP contribution in [0.5, 0.6) is 0 Å². The summed E-state index contributed by atoms with van der Waals surface area (Å²) in [6.07, 6.45) is 3.17. The van der Waals surface area contributed by atoms with Crippen molar-refractivity contribution in [2.75, 3.05) is 32.8 Å². The van der Waals surface area contributed by atoms with Gasteiger partial charge in [0.2, 0.25) is 5.91 Å². The van der Waals surface area contributed by atoms with Crippen LogP contribution < -0.4 is 11.3 Å². The molecule has 0 atom stereocenters. The third-order valence-electron chi connectivity index (χ3n) is 2.37. The molecule has 6 nitrogen and oxygen atoms in total. The number of hydrogen-bond donors (Lipinski definition) is 4. The van der Waals surface area contributed by atoms with E-state index in [0.717, 1.165) is 25.8 Å². The molecule has 1 amide bonds. The standard InChI is InChI=1S/C10H23N3O3/c11-12-10(16)4-2-1-3-5-13(6-8-14)7-9-15/h14-15H,1-9,11H2,(H,12,16). The summed E-state index contributed by atoms with van der Waals surface area (Å²) in [7, 11) is 0. The van der Waals surface area contributed by atoms with Gasteiger partial charge in [0.15, 0.2) is 0 Å². The molecule has 0 aliphatic carbocycles. The monoisotopic (exact) mass is 233 g/mol. The third kappa shape index (κ3) is 8.60. The summed E-state index contributed by atoms with van der Waals surface area (Å²) in [5, 5.41) is 17.6. The lowest BCUT2D eigenvalue weighted by molar-refractivity contribution is -0.121. The Morgan fingerprint density at radius 1 is 1.06 bits per heavy atom. The highest BCUT2D eigenvalue weighted by Crippen LogP contribution is 2.01. The molecule has 0 saturated heterocycles. The van der Waals surface area contributed by atoms with Crippen LogP contribution in [0, 0.1) is 0 Å². The number of aliphatic hydroxyl groups is 2. The fourth-order valence-corrected chi connectivity index (χ4v) is 1.49. The number of carbonyl (C=O) groups excluding carboxylic acids is 1. The number of nitrogens with one attached hydrogen (secondary N) is 1. The highest BCUT2D eigenvalue weighted by atomic mass is 16.3. The van der Waals surface area contributed by atoms with Crippen LogP contribution in [0.15, 0.2) is 0 Å². The number of hydrazine groups is 1. The summed E-state index contributed by atoms with van der Waals surface area (Å²) in [5.41, 5.74) is 2.09. The highest BCUT2D eigenvalue weighted by molar-refractivity contribution is 5.74. The van der Waals surface area contributed by atoms with Gasteiger partial charge in [0.05, 0.1) is 13.2 Å². The molecule has 0 aliphatic rings. The van der Waals surface area contributed by atoms with Gasteiger partial charge in [-0.3, -0.25) is 15.1 Å². The summed E-state index contributed by atoms with van der Waals surface area (Å²) in [5.74, 6) is 4.81. The van der Waals surface area contributed by atoms with Crippen molar-refractivity contribution in [1.29, 1.82) is 0 Å². The first-order valence-corrected chi connectivity index (χ1v) is 5.68. The van der Waals surface area contributed by atoms with Gasteiger partial charge in [0.25, 0.3) is 0 Å². The highest BCUT2D eigenvalue weighted by Gasteiger charge is 2.03. The van der Waals surface area contributed by atoms with Gasteiger partial charge in [-0.2, -0.15) is 0 Å². The molecule has 0 saturated carbocycles. The molecule has 6 heteroatoms. The van der Waals surface area contributed by atoms with Gasteiger partial charge in [-0.05, 0) is 19.4 Å². The molecule has 0 spiro atoms. The molecule has 5 N–H and O–H groups in total. The van der Waals surface area contributed by atoms with Crippen LogP contribution in [0.1, 0.15) is 25.7 Å². The minimum atomic E-state index is -0.137. The van der Waals surface area contributed by atoms with Crippen molar-refractivity contribution >= 4 is 5.91 Å². The van der Waals surface area contributed by atoms with E-state index in [2.05, 4.69) is 5.43 Å². The fourth-order valence-electron chi connectivity index (χ4n) is 1.49. The zero-order valence-electron chi connectivity index (χ0n) is 9.69. The van der Waals surface area contributed by atoms with Gasteiger partial charge in [-0.25, -0.2) is 5.84 Å². The first-order valence-electron chi connectivity index (χ1n) is 5.68. The number of unbranched alkanes of at least 4 members (excludes halogenated alkanes) is 2. The summed E-state index contributed by atoms with van der Waals surface area (Å²) >= 11 is 0. The lowest BCUT2D eigenvalue weighted by atomic mass is 10.2. The molecule has 0 rings (SSSR count). The molecule has 0 aliphatic heterocycles. The van der Waals surface area contributed by atoms with Crippen LogP contribution in [-0.4, -0.2) is 53.9 Å². The lowest BCUT2D eigenvalue weighted by Crippen LogP contribution is -2.31. The van der Waals surface area contributed by atoms with Crippen molar-refractivity contribution < 1.29 is 15.0 Å². The van der Waals surface area contributed by atoms with E-state index in [9.17, 15) is 4.79 Å². The van der Waals surface area contributed by atoms with E-state index in [1.54, 1.807) is 0 Å². The van der Waals surface area contributed by atoms with Crippen LogP contribution in [0.4, 0.5) is 0 Å². The van der Waals surface area contributed by atoms with Crippen molar-refractivity contribution in [3.05, 3.63) is 0 Å². The van der Waals surface area contributed by atoms with Gasteiger partial charge < -0.3 is 10.2 Å². The Labute approximate surface area is 96.4 Å². The molecular formula is C10H23N3O3. The van der Waals surface area contributed by atoms with Crippen molar-refractivity contribution in [3.8, 4) is 0 Å². The number of hydrogen-bond acceptors (Lipinski definition) is 5. The maximum atomic E-state index is 10.8. The summed E-state index contributed by atoms with van der Waals surface area (Å²) < 4.78 is 0. The third-order valence-corrected chi connectivity index (χ3v) is 2.37. The Morgan fingerprint density at radius 3 is 2.19 bits per heavy atom. The van der Waals surface area contributed by atoms with Gasteiger partial charge in [0.1, 0.15) is 0 Å². The predicted octanol–water partition coefficient (Wildman–Crippen LogP) is -1.18. The summed E-state index contributed by atoms with van der Waals surface area (Å²) in [4.78, 5) is 12.8. The van der Waals surface area contributed by atoms with Crippen molar-refractivity contribution in [2.45, 2.75) is 25.7 Å². The Balaban J connectivity index is 3.42. The number of nitrogens with two attached hydrogens (primary N) is 1. The minimum Gasteiger partial charge on any atom is -0.395 e. The molecule has 0 radical (unpaired) electrons. The molecule has 0 fully saturated rings. The van der Waals surface area contributed by atoms with Crippen LogP contribution in [0.25, 0.3) is 0 Å². The number of amides is 1. The second-order valence-corrected chi connectivity index (χ2v) is 3.67. The number of aliphatic hydroxyl groups excluding tert-OH is 2. The molecular weight excluding hydrogens is 210 g/mol. The first kappa shape index (κ1) is 15.3. The molecule has 0 aromatic carbocycles. The van der Waals surface area contributed by atoms with Gasteiger partial charge in [0, 0.05) is 19.5 Å². The molecule has 0 bridgehead atoms. The van der Waals surface area contributed by atoms with E-state index in [1.165, 1.54) is 0 Å². The van der Waals surface area contributed by atoms with Crippen molar-refractivity contribution in [2.24, 2.45) is 5.84 Å². The quantitative estimate of drug-likeness (QED) is 0.165. The van der Waals surface area contributed by atoms with E-state index >= 15 is 0 Å². The van der Waals surface area contributed by atoms with E-state index in [4.69, 9.17) is 16.1 Å². The van der Waals surface area contributed by atoms with E-state index < -0.39 is 0 Å². The van der Waals surface area contributed by atoms with Crippen molar-refractivity contribution in [3.63, 3.8) is 0 Å². The van der Waals surface area contributed by atoms with Crippen LogP contribution in [-0.2, 0) is 4.79 Å². The normalized spacial score (nSPS) is 10.8.